The van der Waals surface area contributed by atoms with Crippen LogP contribution in [0.5, 0.6) is 0 Å². The molecule has 2 aromatic rings. The molecule has 2 rings (SSSR count). The molecular weight excluding hydrogens is 178 g/mol. The Morgan fingerprint density at radius 1 is 1.50 bits per heavy atom. The summed E-state index contributed by atoms with van der Waals surface area (Å²) in [5.74, 6) is 0.696. The molecular formula is C9H11N5. The molecule has 2 heterocycles. The molecule has 5 heteroatoms. The molecule has 5 nitrogen and oxygen atoms in total. The molecule has 0 amide bonds. The van der Waals surface area contributed by atoms with E-state index in [2.05, 4.69) is 20.3 Å². The van der Waals surface area contributed by atoms with E-state index in [9.17, 15) is 0 Å². The number of nitrogens with one attached hydrogen (secondary N) is 2. The van der Waals surface area contributed by atoms with Crippen LogP contribution in [0.3, 0.4) is 0 Å². The van der Waals surface area contributed by atoms with Crippen LogP contribution in [0.1, 0.15) is 5.69 Å². The summed E-state index contributed by atoms with van der Waals surface area (Å²) in [5.41, 5.74) is 7.35. The van der Waals surface area contributed by atoms with E-state index in [1.807, 2.05) is 6.07 Å². The zero-order valence-electron chi connectivity index (χ0n) is 7.57. The van der Waals surface area contributed by atoms with Crippen LogP contribution in [0, 0.1) is 0 Å². The molecule has 0 saturated carbocycles. The minimum atomic E-state index is 0.640. The normalized spacial score (nSPS) is 10.0. The maximum Gasteiger partial charge on any atom is 0.149 e. The van der Waals surface area contributed by atoms with Crippen molar-refractivity contribution in [2.75, 3.05) is 11.1 Å². The zero-order valence-corrected chi connectivity index (χ0v) is 7.57. The highest BCUT2D eigenvalue weighted by Gasteiger charge is 1.98. The number of aromatic nitrogens is 3. The molecule has 14 heavy (non-hydrogen) atoms. The molecule has 0 saturated heterocycles. The average Bonchev–Trinajstić information content (AvgIpc) is 2.69. The van der Waals surface area contributed by atoms with Crippen LogP contribution in [0.15, 0.2) is 30.9 Å². The lowest BCUT2D eigenvalue weighted by atomic mass is 10.4. The van der Waals surface area contributed by atoms with Gasteiger partial charge in [0, 0.05) is 12.4 Å². The number of H-pyrrole nitrogens is 1. The zero-order chi connectivity index (χ0) is 9.80. The molecule has 0 bridgehead atoms. The van der Waals surface area contributed by atoms with Gasteiger partial charge in [-0.15, -0.1) is 0 Å². The van der Waals surface area contributed by atoms with Crippen LogP contribution < -0.4 is 11.1 Å². The van der Waals surface area contributed by atoms with Crippen LogP contribution in [0.2, 0.25) is 0 Å². The summed E-state index contributed by atoms with van der Waals surface area (Å²) in [5, 5.41) is 3.11. The van der Waals surface area contributed by atoms with Gasteiger partial charge in [-0.05, 0) is 12.1 Å². The average molecular weight is 189 g/mol. The lowest BCUT2D eigenvalue weighted by Crippen LogP contribution is -2.04. The highest BCUT2D eigenvalue weighted by molar-refractivity contribution is 5.60. The lowest BCUT2D eigenvalue weighted by molar-refractivity contribution is 1.05. The third kappa shape index (κ3) is 1.82. The van der Waals surface area contributed by atoms with Crippen LogP contribution in [0.4, 0.5) is 11.5 Å². The summed E-state index contributed by atoms with van der Waals surface area (Å²) in [7, 11) is 0. The van der Waals surface area contributed by atoms with Crippen molar-refractivity contribution >= 4 is 11.5 Å². The third-order valence-electron chi connectivity index (χ3n) is 1.84. The number of hydrogen-bond acceptors (Lipinski definition) is 4. The number of nitrogens with zero attached hydrogens (tertiary/aromatic N) is 2. The second kappa shape index (κ2) is 3.78. The maximum absolute atomic E-state index is 5.71. The fraction of sp³-hybridized carbons (Fsp3) is 0.111. The first-order chi connectivity index (χ1) is 6.86. The van der Waals surface area contributed by atoms with Crippen LogP contribution in [-0.4, -0.2) is 15.0 Å². The maximum atomic E-state index is 5.71. The number of imidazole rings is 1. The van der Waals surface area contributed by atoms with Gasteiger partial charge in [-0.3, -0.25) is 0 Å². The Morgan fingerprint density at radius 2 is 2.43 bits per heavy atom. The van der Waals surface area contributed by atoms with Gasteiger partial charge in [0.1, 0.15) is 5.82 Å². The van der Waals surface area contributed by atoms with Gasteiger partial charge in [0.2, 0.25) is 0 Å². The third-order valence-corrected chi connectivity index (χ3v) is 1.84. The van der Waals surface area contributed by atoms with Crippen LogP contribution >= 0.6 is 0 Å². The van der Waals surface area contributed by atoms with E-state index in [1.54, 1.807) is 24.8 Å². The number of aromatic amines is 1. The highest BCUT2D eigenvalue weighted by atomic mass is 15.0. The monoisotopic (exact) mass is 189 g/mol. The molecule has 0 aromatic carbocycles. The Kier molecular flexibility index (Phi) is 2.31. The number of nitrogens with two attached hydrogens (primary N) is 1. The van der Waals surface area contributed by atoms with E-state index in [-0.39, 0.29) is 0 Å². The predicted octanol–water partition coefficient (Wildman–Crippen LogP) is 0.999. The molecule has 0 fully saturated rings. The largest absolute Gasteiger partial charge is 0.396 e. The van der Waals surface area contributed by atoms with E-state index in [0.717, 1.165) is 5.69 Å². The highest BCUT2D eigenvalue weighted by Crippen LogP contribution is 2.13. The van der Waals surface area contributed by atoms with Gasteiger partial charge < -0.3 is 16.0 Å². The predicted molar refractivity (Wildman–Crippen MR) is 54.6 cm³/mol. The molecule has 0 spiro atoms. The number of rotatable bonds is 3. The minimum Gasteiger partial charge on any atom is -0.396 e. The first kappa shape index (κ1) is 8.55. The number of nitrogen functional groups attached to an aromatic ring is 1. The second-order valence-electron chi connectivity index (χ2n) is 2.87. The van der Waals surface area contributed by atoms with E-state index < -0.39 is 0 Å². The Balaban J connectivity index is 2.02. The van der Waals surface area contributed by atoms with E-state index in [0.29, 0.717) is 18.1 Å². The summed E-state index contributed by atoms with van der Waals surface area (Å²) in [4.78, 5) is 11.0. The Labute approximate surface area is 81.4 Å². The van der Waals surface area contributed by atoms with Gasteiger partial charge in [0.25, 0.3) is 0 Å². The van der Waals surface area contributed by atoms with Gasteiger partial charge in [-0.25, -0.2) is 9.97 Å². The lowest BCUT2D eigenvalue weighted by Gasteiger charge is -2.05. The standard InChI is InChI=1S/C9H11N5/c10-8-2-1-3-12-9(8)13-5-7-4-11-6-14-7/h1-4,6H,5,10H2,(H,11,14)(H,12,13). The second-order valence-corrected chi connectivity index (χ2v) is 2.87. The minimum absolute atomic E-state index is 0.640. The van der Waals surface area contributed by atoms with E-state index in [4.69, 9.17) is 5.73 Å². The van der Waals surface area contributed by atoms with Crippen molar-refractivity contribution < 1.29 is 0 Å². The van der Waals surface area contributed by atoms with E-state index >= 15 is 0 Å². The van der Waals surface area contributed by atoms with Gasteiger partial charge in [0.15, 0.2) is 0 Å². The Morgan fingerprint density at radius 3 is 3.14 bits per heavy atom. The summed E-state index contributed by atoms with van der Waals surface area (Å²) in [6.07, 6.45) is 5.09. The van der Waals surface area contributed by atoms with Crippen LogP contribution in [0.25, 0.3) is 0 Å². The summed E-state index contributed by atoms with van der Waals surface area (Å²) < 4.78 is 0. The molecule has 72 valence electrons. The van der Waals surface area contributed by atoms with Gasteiger partial charge in [-0.2, -0.15) is 0 Å². The van der Waals surface area contributed by atoms with E-state index in [1.165, 1.54) is 0 Å². The summed E-state index contributed by atoms with van der Waals surface area (Å²) in [6.45, 7) is 0.640. The topological polar surface area (TPSA) is 79.6 Å². The first-order valence-corrected chi connectivity index (χ1v) is 4.28. The number of hydrogen-bond donors (Lipinski definition) is 3. The molecule has 0 atom stereocenters. The quantitative estimate of drug-likeness (QED) is 0.673. The van der Waals surface area contributed by atoms with Crippen molar-refractivity contribution in [3.05, 3.63) is 36.5 Å². The molecule has 0 aliphatic carbocycles. The smallest absolute Gasteiger partial charge is 0.149 e. The summed E-state index contributed by atoms with van der Waals surface area (Å²) >= 11 is 0. The van der Waals surface area contributed by atoms with Crippen molar-refractivity contribution in [3.63, 3.8) is 0 Å². The molecule has 0 aliphatic rings. The molecule has 0 unspecified atom stereocenters. The fourth-order valence-corrected chi connectivity index (χ4v) is 1.13. The van der Waals surface area contributed by atoms with Crippen molar-refractivity contribution in [2.45, 2.75) is 6.54 Å². The molecule has 0 radical (unpaired) electrons. The number of pyridine rings is 1. The first-order valence-electron chi connectivity index (χ1n) is 4.28. The molecule has 2 aromatic heterocycles. The van der Waals surface area contributed by atoms with Crippen molar-refractivity contribution in [1.29, 1.82) is 0 Å². The number of anilines is 2. The molecule has 4 N–H and O–H groups in total. The fourth-order valence-electron chi connectivity index (χ4n) is 1.13. The van der Waals surface area contributed by atoms with Gasteiger partial charge >= 0.3 is 0 Å². The molecule has 0 aliphatic heterocycles. The van der Waals surface area contributed by atoms with Crippen molar-refractivity contribution in [2.24, 2.45) is 0 Å². The van der Waals surface area contributed by atoms with Gasteiger partial charge in [0.05, 0.1) is 24.3 Å². The Hall–Kier alpha value is -2.04. The Bertz CT molecular complexity index is 395. The van der Waals surface area contributed by atoms with Crippen molar-refractivity contribution in [1.82, 2.24) is 15.0 Å². The van der Waals surface area contributed by atoms with Crippen LogP contribution in [-0.2, 0) is 6.54 Å². The van der Waals surface area contributed by atoms with Crippen molar-refractivity contribution in [3.8, 4) is 0 Å². The SMILES string of the molecule is Nc1cccnc1NCc1cnc[nH]1. The van der Waals surface area contributed by atoms with Gasteiger partial charge in [-0.1, -0.05) is 0 Å². The summed E-state index contributed by atoms with van der Waals surface area (Å²) in [6, 6.07) is 3.61.